The molecule has 0 radical (unpaired) electrons. The second-order valence-electron chi connectivity index (χ2n) is 14.8. The van der Waals surface area contributed by atoms with Crippen molar-refractivity contribution in [2.75, 3.05) is 0 Å². The van der Waals surface area contributed by atoms with E-state index in [4.69, 9.17) is 0 Å². The highest BCUT2D eigenvalue weighted by molar-refractivity contribution is 7.26. The quantitative estimate of drug-likeness (QED) is 0.163. The molecule has 11 rings (SSSR count). The molecule has 0 saturated heterocycles. The lowest BCUT2D eigenvalue weighted by atomic mass is 9.81. The molecule has 244 valence electrons. The van der Waals surface area contributed by atoms with Crippen molar-refractivity contribution in [3.63, 3.8) is 0 Å². The molecule has 52 heavy (non-hydrogen) atoms. The van der Waals surface area contributed by atoms with Crippen LogP contribution in [0.2, 0.25) is 0 Å². The maximum absolute atomic E-state index is 2.45. The number of hydrogen-bond donors (Lipinski definition) is 0. The Kier molecular flexibility index (Phi) is 6.27. The molecule has 0 N–H and O–H groups in total. The first kappa shape index (κ1) is 29.7. The Balaban J connectivity index is 1.03. The molecule has 0 bridgehead atoms. The van der Waals surface area contributed by atoms with Crippen LogP contribution in [0, 0.1) is 0 Å². The summed E-state index contributed by atoms with van der Waals surface area (Å²) in [5.41, 5.74) is 13.1. The van der Waals surface area contributed by atoms with E-state index in [2.05, 4.69) is 184 Å². The summed E-state index contributed by atoms with van der Waals surface area (Å²) >= 11 is 1.92. The van der Waals surface area contributed by atoms with Gasteiger partial charge in [0.1, 0.15) is 0 Å². The molecule has 1 aliphatic rings. The average molecular weight is 679 g/mol. The Labute approximate surface area is 307 Å². The van der Waals surface area contributed by atoms with E-state index in [9.17, 15) is 0 Å². The van der Waals surface area contributed by atoms with E-state index in [0.717, 1.165) is 0 Å². The van der Waals surface area contributed by atoms with Gasteiger partial charge in [-0.2, -0.15) is 0 Å². The number of rotatable bonds is 3. The van der Waals surface area contributed by atoms with Gasteiger partial charge >= 0.3 is 0 Å². The first-order valence-corrected chi connectivity index (χ1v) is 19.0. The third kappa shape index (κ3) is 4.15. The van der Waals surface area contributed by atoms with Crippen LogP contribution in [0.5, 0.6) is 0 Å². The fourth-order valence-electron chi connectivity index (χ4n) is 9.19. The van der Waals surface area contributed by atoms with E-state index >= 15 is 0 Å². The minimum absolute atomic E-state index is 0.0950. The van der Waals surface area contributed by atoms with Crippen molar-refractivity contribution in [2.24, 2.45) is 0 Å². The van der Waals surface area contributed by atoms with Crippen molar-refractivity contribution in [1.82, 2.24) is 0 Å². The van der Waals surface area contributed by atoms with Gasteiger partial charge in [0.15, 0.2) is 0 Å². The van der Waals surface area contributed by atoms with Crippen molar-refractivity contribution in [3.8, 4) is 44.5 Å². The van der Waals surface area contributed by atoms with Crippen molar-refractivity contribution in [1.29, 1.82) is 0 Å². The standard InChI is InChI=1S/C51H34S/c1-51(2)44-29-28-42-40(26-27-41-35-14-10-11-19-46(35)52-50(41)42)49(44)43-25-24-34(30-45(43)51)31-20-22-33(23-21-31)48-38-17-8-6-15-36(38)47(32-12-4-3-5-13-32)37-16-7-9-18-39(37)48/h3-30H,1-2H3. The van der Waals surface area contributed by atoms with Gasteiger partial charge in [-0.1, -0.05) is 172 Å². The lowest BCUT2D eigenvalue weighted by Gasteiger charge is -2.22. The van der Waals surface area contributed by atoms with Gasteiger partial charge in [-0.3, -0.25) is 0 Å². The second-order valence-corrected chi connectivity index (χ2v) is 15.8. The van der Waals surface area contributed by atoms with Gasteiger partial charge in [-0.05, 0) is 94.7 Å². The summed E-state index contributed by atoms with van der Waals surface area (Å²) in [6.07, 6.45) is 0. The predicted octanol–water partition coefficient (Wildman–Crippen LogP) is 14.8. The van der Waals surface area contributed by atoms with Crippen LogP contribution in [-0.2, 0) is 5.41 Å². The van der Waals surface area contributed by atoms with E-state index in [0.29, 0.717) is 0 Å². The second kappa shape index (κ2) is 11.0. The van der Waals surface area contributed by atoms with E-state index in [1.165, 1.54) is 108 Å². The first-order valence-electron chi connectivity index (χ1n) is 18.2. The molecule has 0 unspecified atom stereocenters. The smallest absolute Gasteiger partial charge is 0.0434 e. The third-order valence-electron chi connectivity index (χ3n) is 11.7. The molecule has 0 atom stereocenters. The average Bonchev–Trinajstić information content (AvgIpc) is 3.69. The monoisotopic (exact) mass is 678 g/mol. The fourth-order valence-corrected chi connectivity index (χ4v) is 10.4. The molecule has 1 aromatic heterocycles. The summed E-state index contributed by atoms with van der Waals surface area (Å²) in [5.74, 6) is 0. The van der Waals surface area contributed by atoms with Gasteiger partial charge in [0.25, 0.3) is 0 Å². The van der Waals surface area contributed by atoms with Crippen molar-refractivity contribution >= 4 is 63.8 Å². The first-order chi connectivity index (χ1) is 25.6. The summed E-state index contributed by atoms with van der Waals surface area (Å²) in [6, 6.07) is 63.3. The molecule has 0 aliphatic heterocycles. The minimum atomic E-state index is -0.0950. The summed E-state index contributed by atoms with van der Waals surface area (Å²) in [4.78, 5) is 0. The SMILES string of the molecule is CC1(C)c2cc(-c3ccc(-c4c5ccccc5c(-c5ccccc5)c5ccccc45)cc3)ccc2-c2c1ccc1c2ccc2c3ccccc3sc12. The minimum Gasteiger partial charge on any atom is -0.135 e. The summed E-state index contributed by atoms with van der Waals surface area (Å²) in [7, 11) is 0. The summed E-state index contributed by atoms with van der Waals surface area (Å²) < 4.78 is 2.74. The molecular weight excluding hydrogens is 645 g/mol. The Morgan fingerprint density at radius 1 is 0.346 bits per heavy atom. The molecule has 1 aliphatic carbocycles. The van der Waals surface area contributed by atoms with Crippen LogP contribution in [0.4, 0.5) is 0 Å². The molecule has 1 heterocycles. The topological polar surface area (TPSA) is 0 Å². The van der Waals surface area contributed by atoms with Crippen LogP contribution >= 0.6 is 11.3 Å². The van der Waals surface area contributed by atoms with Gasteiger partial charge in [0.2, 0.25) is 0 Å². The highest BCUT2D eigenvalue weighted by atomic mass is 32.1. The Hall–Kier alpha value is -6.02. The third-order valence-corrected chi connectivity index (χ3v) is 12.9. The Bertz CT molecular complexity index is 3010. The zero-order chi connectivity index (χ0) is 34.6. The van der Waals surface area contributed by atoms with Crippen molar-refractivity contribution in [3.05, 3.63) is 181 Å². The zero-order valence-corrected chi connectivity index (χ0v) is 29.9. The number of hydrogen-bond acceptors (Lipinski definition) is 1. The maximum atomic E-state index is 2.45. The molecule has 9 aromatic carbocycles. The lowest BCUT2D eigenvalue weighted by Crippen LogP contribution is -2.15. The molecule has 1 heteroatoms. The maximum Gasteiger partial charge on any atom is 0.0434 e. The molecule has 10 aromatic rings. The number of fused-ring (bicyclic) bond motifs is 11. The molecule has 0 spiro atoms. The van der Waals surface area contributed by atoms with E-state index in [1.54, 1.807) is 0 Å². The molecular formula is C51H34S. The van der Waals surface area contributed by atoms with Gasteiger partial charge in [0, 0.05) is 31.0 Å². The Morgan fingerprint density at radius 2 is 0.827 bits per heavy atom. The van der Waals surface area contributed by atoms with Crippen LogP contribution in [-0.4, -0.2) is 0 Å². The van der Waals surface area contributed by atoms with Gasteiger partial charge < -0.3 is 0 Å². The molecule has 0 amide bonds. The van der Waals surface area contributed by atoms with Gasteiger partial charge in [0.05, 0.1) is 0 Å². The summed E-state index contributed by atoms with van der Waals surface area (Å²) in [6.45, 7) is 4.79. The van der Waals surface area contributed by atoms with E-state index < -0.39 is 0 Å². The molecule has 0 fully saturated rings. The normalized spacial score (nSPS) is 13.3. The highest BCUT2D eigenvalue weighted by Gasteiger charge is 2.37. The highest BCUT2D eigenvalue weighted by Crippen LogP contribution is 2.53. The zero-order valence-electron chi connectivity index (χ0n) is 29.1. The van der Waals surface area contributed by atoms with Crippen LogP contribution in [0.15, 0.2) is 170 Å². The lowest BCUT2D eigenvalue weighted by molar-refractivity contribution is 0.661. The van der Waals surface area contributed by atoms with Gasteiger partial charge in [-0.15, -0.1) is 11.3 Å². The number of thiophene rings is 1. The largest absolute Gasteiger partial charge is 0.135 e. The Morgan fingerprint density at radius 3 is 1.50 bits per heavy atom. The van der Waals surface area contributed by atoms with Gasteiger partial charge in [-0.25, -0.2) is 0 Å². The molecule has 0 saturated carbocycles. The fraction of sp³-hybridized carbons (Fsp3) is 0.0588. The summed E-state index contributed by atoms with van der Waals surface area (Å²) in [5, 5.41) is 10.6. The van der Waals surface area contributed by atoms with Crippen molar-refractivity contribution in [2.45, 2.75) is 19.3 Å². The van der Waals surface area contributed by atoms with Crippen LogP contribution in [0.1, 0.15) is 25.0 Å². The molecule has 0 nitrogen and oxygen atoms in total. The number of benzene rings is 9. The van der Waals surface area contributed by atoms with Crippen LogP contribution < -0.4 is 0 Å². The predicted molar refractivity (Wildman–Crippen MR) is 226 cm³/mol. The van der Waals surface area contributed by atoms with E-state index in [-0.39, 0.29) is 5.41 Å². The van der Waals surface area contributed by atoms with E-state index in [1.807, 2.05) is 11.3 Å². The van der Waals surface area contributed by atoms with Crippen LogP contribution in [0.3, 0.4) is 0 Å². The van der Waals surface area contributed by atoms with Crippen LogP contribution in [0.25, 0.3) is 97.0 Å². The van der Waals surface area contributed by atoms with Crippen molar-refractivity contribution < 1.29 is 0 Å².